The van der Waals surface area contributed by atoms with Gasteiger partial charge in [-0.3, -0.25) is 4.79 Å². The lowest BCUT2D eigenvalue weighted by Crippen LogP contribution is -2.52. The van der Waals surface area contributed by atoms with Gasteiger partial charge in [0.05, 0.1) is 5.60 Å². The van der Waals surface area contributed by atoms with Gasteiger partial charge < -0.3 is 24.5 Å². The van der Waals surface area contributed by atoms with E-state index in [1.807, 2.05) is 36.4 Å². The molecule has 0 spiro atoms. The Morgan fingerprint density at radius 2 is 1.87 bits per heavy atom. The summed E-state index contributed by atoms with van der Waals surface area (Å²) in [5.41, 5.74) is -0.865. The summed E-state index contributed by atoms with van der Waals surface area (Å²) in [6.07, 6.45) is 1.29. The number of piperidine rings is 1. The molecule has 1 fully saturated rings. The van der Waals surface area contributed by atoms with Gasteiger partial charge in [-0.15, -0.1) is 0 Å². The highest BCUT2D eigenvalue weighted by Crippen LogP contribution is 2.24. The summed E-state index contributed by atoms with van der Waals surface area (Å²) < 4.78 is 11.5. The van der Waals surface area contributed by atoms with Crippen molar-refractivity contribution in [3.05, 3.63) is 66.1 Å². The van der Waals surface area contributed by atoms with Crippen LogP contribution in [0.1, 0.15) is 43.0 Å². The lowest BCUT2D eigenvalue weighted by molar-refractivity contribution is -0.0255. The Bertz CT molecular complexity index is 1030. The Balaban J connectivity index is 1.28. The van der Waals surface area contributed by atoms with Crippen LogP contribution < -0.4 is 10.1 Å². The highest BCUT2D eigenvalue weighted by atomic mass is 16.5. The van der Waals surface area contributed by atoms with Crippen molar-refractivity contribution in [1.82, 2.24) is 10.2 Å². The number of hydrogen-bond acceptors (Lipinski definition) is 5. The van der Waals surface area contributed by atoms with E-state index < -0.39 is 5.60 Å². The van der Waals surface area contributed by atoms with Crippen LogP contribution in [0.3, 0.4) is 0 Å². The summed E-state index contributed by atoms with van der Waals surface area (Å²) in [5, 5.41) is 15.8. The standard InChI is InChI=1S/C25H30N2O4/c1-18(2)27-13-11-25(29,12-14-27)17-26-24(28)23-10-9-22(31-23)16-30-21-8-7-19-5-3-4-6-20(19)15-21/h3-10,15,18,29H,11-14,16-17H2,1-2H3,(H,26,28). The average molecular weight is 423 g/mol. The molecule has 0 saturated carbocycles. The fourth-order valence-corrected chi connectivity index (χ4v) is 3.95. The number of hydrogen-bond donors (Lipinski definition) is 2. The maximum absolute atomic E-state index is 12.5. The van der Waals surface area contributed by atoms with Gasteiger partial charge in [0.2, 0.25) is 0 Å². The van der Waals surface area contributed by atoms with E-state index in [1.54, 1.807) is 12.1 Å². The van der Waals surface area contributed by atoms with Gasteiger partial charge in [0.15, 0.2) is 5.76 Å². The third-order valence-corrected chi connectivity index (χ3v) is 6.02. The number of benzene rings is 2. The van der Waals surface area contributed by atoms with E-state index >= 15 is 0 Å². The molecule has 0 bridgehead atoms. The lowest BCUT2D eigenvalue weighted by Gasteiger charge is -2.39. The monoisotopic (exact) mass is 422 g/mol. The molecule has 6 heteroatoms. The SMILES string of the molecule is CC(C)N1CCC(O)(CNC(=O)c2ccc(COc3ccc4ccccc4c3)o2)CC1. The molecular formula is C25H30N2O4. The summed E-state index contributed by atoms with van der Waals surface area (Å²) in [6, 6.07) is 17.9. The van der Waals surface area contributed by atoms with Crippen molar-refractivity contribution < 1.29 is 19.1 Å². The van der Waals surface area contributed by atoms with Gasteiger partial charge in [-0.1, -0.05) is 30.3 Å². The van der Waals surface area contributed by atoms with Gasteiger partial charge in [0.25, 0.3) is 5.91 Å². The molecule has 1 amide bonds. The minimum Gasteiger partial charge on any atom is -0.486 e. The fourth-order valence-electron chi connectivity index (χ4n) is 3.95. The summed E-state index contributed by atoms with van der Waals surface area (Å²) in [5.74, 6) is 1.22. The minimum atomic E-state index is -0.865. The third-order valence-electron chi connectivity index (χ3n) is 6.02. The van der Waals surface area contributed by atoms with E-state index in [1.165, 1.54) is 0 Å². The van der Waals surface area contributed by atoms with Crippen LogP contribution in [0.2, 0.25) is 0 Å². The zero-order valence-corrected chi connectivity index (χ0v) is 18.1. The first-order valence-electron chi connectivity index (χ1n) is 10.9. The molecule has 0 atom stereocenters. The van der Waals surface area contributed by atoms with E-state index in [9.17, 15) is 9.90 Å². The Hall–Kier alpha value is -2.83. The molecule has 6 nitrogen and oxygen atoms in total. The molecule has 0 unspecified atom stereocenters. The molecule has 1 saturated heterocycles. The van der Waals surface area contributed by atoms with Gasteiger partial charge in [-0.25, -0.2) is 0 Å². The molecule has 4 rings (SSSR count). The number of amides is 1. The van der Waals surface area contributed by atoms with Gasteiger partial charge >= 0.3 is 0 Å². The molecule has 2 aromatic carbocycles. The first kappa shape index (κ1) is 21.4. The predicted octanol–water partition coefficient (Wildman–Crippen LogP) is 3.98. The first-order valence-corrected chi connectivity index (χ1v) is 10.9. The van der Waals surface area contributed by atoms with Crippen molar-refractivity contribution >= 4 is 16.7 Å². The summed E-state index contributed by atoms with van der Waals surface area (Å²) in [4.78, 5) is 14.8. The molecule has 164 valence electrons. The topological polar surface area (TPSA) is 74.9 Å². The minimum absolute atomic E-state index is 0.223. The summed E-state index contributed by atoms with van der Waals surface area (Å²) in [6.45, 7) is 6.44. The first-order chi connectivity index (χ1) is 14.9. The highest BCUT2D eigenvalue weighted by Gasteiger charge is 2.33. The lowest BCUT2D eigenvalue weighted by atomic mass is 9.90. The van der Waals surface area contributed by atoms with Crippen LogP contribution in [0.4, 0.5) is 0 Å². The van der Waals surface area contributed by atoms with Crippen molar-refractivity contribution in [3.63, 3.8) is 0 Å². The zero-order chi connectivity index (χ0) is 21.8. The Labute approximate surface area is 182 Å². The second-order valence-corrected chi connectivity index (χ2v) is 8.60. The van der Waals surface area contributed by atoms with Crippen LogP contribution in [-0.4, -0.2) is 47.2 Å². The Morgan fingerprint density at radius 1 is 1.13 bits per heavy atom. The molecule has 3 aromatic rings. The molecule has 1 aliphatic rings. The van der Waals surface area contributed by atoms with Crippen LogP contribution >= 0.6 is 0 Å². The number of likely N-dealkylation sites (tertiary alicyclic amines) is 1. The molecular weight excluding hydrogens is 392 g/mol. The van der Waals surface area contributed by atoms with E-state index in [2.05, 4.69) is 30.1 Å². The number of nitrogens with one attached hydrogen (secondary N) is 1. The maximum Gasteiger partial charge on any atom is 0.287 e. The second kappa shape index (κ2) is 9.12. The average Bonchev–Trinajstić information content (AvgIpc) is 3.25. The second-order valence-electron chi connectivity index (χ2n) is 8.60. The third kappa shape index (κ3) is 5.27. The number of furan rings is 1. The van der Waals surface area contributed by atoms with Gasteiger partial charge in [-0.2, -0.15) is 0 Å². The number of fused-ring (bicyclic) bond motifs is 1. The van der Waals surface area contributed by atoms with Crippen LogP contribution in [0, 0.1) is 0 Å². The molecule has 2 heterocycles. The number of nitrogens with zero attached hydrogens (tertiary/aromatic N) is 1. The van der Waals surface area contributed by atoms with Crippen molar-refractivity contribution in [2.24, 2.45) is 0 Å². The van der Waals surface area contributed by atoms with Crippen LogP contribution in [0.15, 0.2) is 59.0 Å². The fraction of sp³-hybridized carbons (Fsp3) is 0.400. The molecule has 2 N–H and O–H groups in total. The van der Waals surface area contributed by atoms with Crippen LogP contribution in [0.25, 0.3) is 10.8 Å². The molecule has 0 radical (unpaired) electrons. The largest absolute Gasteiger partial charge is 0.486 e. The Kier molecular flexibility index (Phi) is 6.30. The van der Waals surface area contributed by atoms with E-state index in [-0.39, 0.29) is 24.8 Å². The predicted molar refractivity (Wildman–Crippen MR) is 120 cm³/mol. The number of carbonyl (C=O) groups excluding carboxylic acids is 1. The number of ether oxygens (including phenoxy) is 1. The Morgan fingerprint density at radius 3 is 2.61 bits per heavy atom. The number of carbonyl (C=O) groups is 1. The highest BCUT2D eigenvalue weighted by molar-refractivity contribution is 5.91. The van der Waals surface area contributed by atoms with Crippen molar-refractivity contribution in [3.8, 4) is 5.75 Å². The number of aliphatic hydroxyl groups is 1. The normalized spacial score (nSPS) is 16.5. The summed E-state index contributed by atoms with van der Waals surface area (Å²) in [7, 11) is 0. The maximum atomic E-state index is 12.5. The zero-order valence-electron chi connectivity index (χ0n) is 18.1. The van der Waals surface area contributed by atoms with Gasteiger partial charge in [0, 0.05) is 25.7 Å². The molecule has 0 aliphatic carbocycles. The smallest absolute Gasteiger partial charge is 0.287 e. The molecule has 1 aliphatic heterocycles. The molecule has 31 heavy (non-hydrogen) atoms. The van der Waals surface area contributed by atoms with E-state index in [4.69, 9.17) is 9.15 Å². The van der Waals surface area contributed by atoms with Crippen molar-refractivity contribution in [1.29, 1.82) is 0 Å². The van der Waals surface area contributed by atoms with Gasteiger partial charge in [0.1, 0.15) is 18.1 Å². The van der Waals surface area contributed by atoms with Crippen molar-refractivity contribution in [2.45, 2.75) is 44.9 Å². The van der Waals surface area contributed by atoms with Crippen molar-refractivity contribution in [2.75, 3.05) is 19.6 Å². The van der Waals surface area contributed by atoms with Crippen LogP contribution in [0.5, 0.6) is 5.75 Å². The quantitative estimate of drug-likeness (QED) is 0.603. The van der Waals surface area contributed by atoms with E-state index in [0.29, 0.717) is 24.6 Å². The molecule has 1 aromatic heterocycles. The van der Waals surface area contributed by atoms with Gasteiger partial charge in [-0.05, 0) is 61.7 Å². The van der Waals surface area contributed by atoms with Crippen LogP contribution in [-0.2, 0) is 6.61 Å². The summed E-state index contributed by atoms with van der Waals surface area (Å²) >= 11 is 0. The van der Waals surface area contributed by atoms with E-state index in [0.717, 1.165) is 29.6 Å². The number of rotatable bonds is 7.